The van der Waals surface area contributed by atoms with Crippen LogP contribution >= 0.6 is 0 Å². The van der Waals surface area contributed by atoms with Gasteiger partial charge in [-0.2, -0.15) is 0 Å². The fourth-order valence-corrected chi connectivity index (χ4v) is 3.27. The van der Waals surface area contributed by atoms with Crippen LogP contribution < -0.4 is 5.73 Å². The van der Waals surface area contributed by atoms with Crippen LogP contribution in [0.5, 0.6) is 0 Å². The van der Waals surface area contributed by atoms with Crippen LogP contribution in [0.15, 0.2) is 30.3 Å². The van der Waals surface area contributed by atoms with Gasteiger partial charge in [0.1, 0.15) is 9.84 Å². The van der Waals surface area contributed by atoms with Crippen molar-refractivity contribution in [2.45, 2.75) is 45.1 Å². The second kappa shape index (κ2) is 7.65. The smallest absolute Gasteiger partial charge is 0.150 e. The average Bonchev–Trinajstić information content (AvgIpc) is 2.40. The van der Waals surface area contributed by atoms with Crippen LogP contribution in [-0.4, -0.2) is 26.0 Å². The number of hydrogen-bond donors (Lipinski definition) is 1. The third-order valence-corrected chi connectivity index (χ3v) is 5.41. The topological polar surface area (TPSA) is 60.2 Å². The highest BCUT2D eigenvalue weighted by molar-refractivity contribution is 7.91. The lowest BCUT2D eigenvalue weighted by Gasteiger charge is -2.23. The van der Waals surface area contributed by atoms with Crippen molar-refractivity contribution in [2.24, 2.45) is 5.73 Å². The van der Waals surface area contributed by atoms with E-state index in [-0.39, 0.29) is 17.5 Å². The monoisotopic (exact) mass is 283 g/mol. The lowest BCUT2D eigenvalue weighted by atomic mass is 9.87. The van der Waals surface area contributed by atoms with E-state index in [1.54, 1.807) is 6.92 Å². The minimum Gasteiger partial charge on any atom is -0.327 e. The maximum absolute atomic E-state index is 11.4. The number of rotatable bonds is 8. The van der Waals surface area contributed by atoms with E-state index in [0.29, 0.717) is 12.3 Å². The van der Waals surface area contributed by atoms with Gasteiger partial charge in [-0.1, -0.05) is 44.2 Å². The number of hydrogen-bond acceptors (Lipinski definition) is 3. The first-order valence-electron chi connectivity index (χ1n) is 7.01. The van der Waals surface area contributed by atoms with Gasteiger partial charge in [0, 0.05) is 11.8 Å². The summed E-state index contributed by atoms with van der Waals surface area (Å²) in [5.41, 5.74) is 7.48. The van der Waals surface area contributed by atoms with Crippen molar-refractivity contribution in [2.75, 3.05) is 11.5 Å². The van der Waals surface area contributed by atoms with Crippen LogP contribution in [0, 0.1) is 0 Å². The molecule has 0 aliphatic rings. The molecule has 2 atom stereocenters. The Morgan fingerprint density at radius 2 is 1.79 bits per heavy atom. The number of nitrogens with two attached hydrogens (primary N) is 1. The molecule has 0 radical (unpaired) electrons. The highest BCUT2D eigenvalue weighted by Crippen LogP contribution is 2.24. The Hall–Kier alpha value is -0.870. The quantitative estimate of drug-likeness (QED) is 0.798. The summed E-state index contributed by atoms with van der Waals surface area (Å²) in [6, 6.07) is 10.3. The largest absolute Gasteiger partial charge is 0.327 e. The molecule has 3 nitrogen and oxygen atoms in total. The fraction of sp³-hybridized carbons (Fsp3) is 0.600. The molecule has 108 valence electrons. The predicted octanol–water partition coefficient (Wildman–Crippen LogP) is 2.72. The Morgan fingerprint density at radius 1 is 1.16 bits per heavy atom. The van der Waals surface area contributed by atoms with Crippen LogP contribution in [0.1, 0.15) is 44.6 Å². The molecule has 0 aliphatic carbocycles. The van der Waals surface area contributed by atoms with E-state index < -0.39 is 9.84 Å². The Bertz CT molecular complexity index is 456. The second-order valence-corrected chi connectivity index (χ2v) is 7.44. The SMILES string of the molecule is CCC(c1ccccc1)C(N)CCCS(=O)(=O)CC. The van der Waals surface area contributed by atoms with Crippen molar-refractivity contribution in [3.05, 3.63) is 35.9 Å². The van der Waals surface area contributed by atoms with E-state index in [2.05, 4.69) is 19.1 Å². The van der Waals surface area contributed by atoms with Gasteiger partial charge in [-0.25, -0.2) is 8.42 Å². The first-order valence-corrected chi connectivity index (χ1v) is 8.83. The lowest BCUT2D eigenvalue weighted by molar-refractivity contribution is 0.482. The standard InChI is InChI=1S/C15H25NO2S/c1-3-14(13-9-6-5-7-10-13)15(16)11-8-12-19(17,18)4-2/h5-7,9-10,14-15H,3-4,8,11-12,16H2,1-2H3. The van der Waals surface area contributed by atoms with Gasteiger partial charge in [0.05, 0.1) is 5.75 Å². The van der Waals surface area contributed by atoms with Gasteiger partial charge in [0.25, 0.3) is 0 Å². The highest BCUT2D eigenvalue weighted by Gasteiger charge is 2.18. The van der Waals surface area contributed by atoms with Crippen LogP contribution in [0.2, 0.25) is 0 Å². The zero-order valence-electron chi connectivity index (χ0n) is 11.9. The molecular weight excluding hydrogens is 258 g/mol. The molecule has 0 bridgehead atoms. The molecule has 0 aliphatic heterocycles. The third-order valence-electron chi connectivity index (χ3n) is 3.62. The van der Waals surface area contributed by atoms with E-state index in [1.807, 2.05) is 18.2 Å². The van der Waals surface area contributed by atoms with Gasteiger partial charge in [-0.15, -0.1) is 0 Å². The van der Waals surface area contributed by atoms with Gasteiger partial charge in [-0.3, -0.25) is 0 Å². The number of sulfone groups is 1. The van der Waals surface area contributed by atoms with Crippen LogP contribution in [0.4, 0.5) is 0 Å². The van der Waals surface area contributed by atoms with E-state index in [0.717, 1.165) is 12.8 Å². The number of benzene rings is 1. The molecule has 1 aromatic rings. The highest BCUT2D eigenvalue weighted by atomic mass is 32.2. The summed E-state index contributed by atoms with van der Waals surface area (Å²) in [5.74, 6) is 0.783. The minimum atomic E-state index is -2.87. The summed E-state index contributed by atoms with van der Waals surface area (Å²) in [6.07, 6.45) is 2.39. The summed E-state index contributed by atoms with van der Waals surface area (Å²) >= 11 is 0. The van der Waals surface area contributed by atoms with Crippen LogP contribution in [0.25, 0.3) is 0 Å². The third kappa shape index (κ3) is 5.33. The summed E-state index contributed by atoms with van der Waals surface area (Å²) in [7, 11) is -2.87. The predicted molar refractivity (Wildman–Crippen MR) is 81.0 cm³/mol. The molecule has 0 heterocycles. The van der Waals surface area contributed by atoms with Crippen molar-refractivity contribution in [1.29, 1.82) is 0 Å². The van der Waals surface area contributed by atoms with Crippen molar-refractivity contribution in [1.82, 2.24) is 0 Å². The first kappa shape index (κ1) is 16.2. The maximum Gasteiger partial charge on any atom is 0.150 e. The molecule has 0 spiro atoms. The van der Waals surface area contributed by atoms with Gasteiger partial charge in [0.2, 0.25) is 0 Å². The molecule has 1 aromatic carbocycles. The summed E-state index contributed by atoms with van der Waals surface area (Å²) in [6.45, 7) is 3.81. The molecule has 2 unspecified atom stereocenters. The Kier molecular flexibility index (Phi) is 6.52. The van der Waals surface area contributed by atoms with Crippen molar-refractivity contribution >= 4 is 9.84 Å². The molecule has 4 heteroatoms. The Balaban J connectivity index is 2.54. The minimum absolute atomic E-state index is 0.0273. The first-order chi connectivity index (χ1) is 9.00. The molecule has 0 aromatic heterocycles. The van der Waals surface area contributed by atoms with Gasteiger partial charge in [-0.05, 0) is 30.7 Å². The normalized spacial score (nSPS) is 15.1. The van der Waals surface area contributed by atoms with Gasteiger partial charge >= 0.3 is 0 Å². The van der Waals surface area contributed by atoms with Gasteiger partial charge in [0.15, 0.2) is 0 Å². The van der Waals surface area contributed by atoms with Crippen molar-refractivity contribution in [3.8, 4) is 0 Å². The molecule has 2 N–H and O–H groups in total. The van der Waals surface area contributed by atoms with Crippen LogP contribution in [-0.2, 0) is 9.84 Å². The maximum atomic E-state index is 11.4. The van der Waals surface area contributed by atoms with Crippen molar-refractivity contribution < 1.29 is 8.42 Å². The molecule has 0 saturated heterocycles. The molecule has 0 amide bonds. The second-order valence-electron chi connectivity index (χ2n) is 4.97. The zero-order chi connectivity index (χ0) is 14.3. The van der Waals surface area contributed by atoms with E-state index in [4.69, 9.17) is 5.73 Å². The molecular formula is C15H25NO2S. The van der Waals surface area contributed by atoms with Crippen LogP contribution in [0.3, 0.4) is 0 Å². The zero-order valence-corrected chi connectivity index (χ0v) is 12.7. The van der Waals surface area contributed by atoms with E-state index in [1.165, 1.54) is 5.56 Å². The molecule has 19 heavy (non-hydrogen) atoms. The van der Waals surface area contributed by atoms with E-state index >= 15 is 0 Å². The van der Waals surface area contributed by atoms with Crippen molar-refractivity contribution in [3.63, 3.8) is 0 Å². The summed E-state index contributed by atoms with van der Waals surface area (Å²) in [5, 5.41) is 0. The molecule has 1 rings (SSSR count). The van der Waals surface area contributed by atoms with Gasteiger partial charge < -0.3 is 5.73 Å². The fourth-order valence-electron chi connectivity index (χ4n) is 2.37. The average molecular weight is 283 g/mol. The molecule has 0 fully saturated rings. The summed E-state index contributed by atoms with van der Waals surface area (Å²) in [4.78, 5) is 0. The molecule has 0 saturated carbocycles. The Labute approximate surface area is 117 Å². The lowest BCUT2D eigenvalue weighted by Crippen LogP contribution is -2.29. The summed E-state index contributed by atoms with van der Waals surface area (Å²) < 4.78 is 22.9. The Morgan fingerprint density at radius 3 is 2.32 bits per heavy atom. The van der Waals surface area contributed by atoms with E-state index in [9.17, 15) is 8.42 Å².